The van der Waals surface area contributed by atoms with Gasteiger partial charge in [0, 0.05) is 23.0 Å². The summed E-state index contributed by atoms with van der Waals surface area (Å²) in [6.07, 6.45) is 0.867. The van der Waals surface area contributed by atoms with Gasteiger partial charge in [-0.1, -0.05) is 13.0 Å². The molecule has 1 aliphatic rings. The Morgan fingerprint density at radius 2 is 2.04 bits per heavy atom. The minimum atomic E-state index is -0.195. The summed E-state index contributed by atoms with van der Waals surface area (Å²) in [4.78, 5) is 25.3. The third-order valence-electron chi connectivity index (χ3n) is 3.91. The van der Waals surface area contributed by atoms with Crippen LogP contribution in [0.2, 0.25) is 0 Å². The highest BCUT2D eigenvalue weighted by molar-refractivity contribution is 8.04. The van der Waals surface area contributed by atoms with Gasteiger partial charge >= 0.3 is 0 Å². The van der Waals surface area contributed by atoms with E-state index in [1.54, 1.807) is 19.1 Å². The maximum absolute atomic E-state index is 12.5. The van der Waals surface area contributed by atoms with E-state index in [4.69, 9.17) is 4.74 Å². The van der Waals surface area contributed by atoms with E-state index in [9.17, 15) is 9.59 Å². The molecular weight excluding hydrogens is 324 g/mol. The van der Waals surface area contributed by atoms with E-state index in [0.717, 1.165) is 17.7 Å². The van der Waals surface area contributed by atoms with Crippen molar-refractivity contribution in [1.82, 2.24) is 5.32 Å². The summed E-state index contributed by atoms with van der Waals surface area (Å²) in [6.45, 7) is 8.30. The van der Waals surface area contributed by atoms with Crippen molar-refractivity contribution in [2.24, 2.45) is 0 Å². The highest BCUT2D eigenvalue weighted by atomic mass is 32.2. The van der Waals surface area contributed by atoms with Gasteiger partial charge in [0.1, 0.15) is 10.7 Å². The number of hydrogen-bond acceptors (Lipinski definition) is 4. The minimum absolute atomic E-state index is 0.112. The van der Waals surface area contributed by atoms with E-state index in [1.807, 2.05) is 26.8 Å². The number of carbonyl (C=O) groups is 2. The standard InChI is InChI=1S/C18H24N2O3S/c1-5-12(3)19-17(21)14-7-6-11(2)15(10-14)20-18(22)16-13(4)23-8-9-24-16/h6-7,10,12H,5,8-9H2,1-4H3,(H,19,21)(H,20,22)/t12-/m1/s1. The van der Waals surface area contributed by atoms with Crippen LogP contribution in [0.15, 0.2) is 28.9 Å². The lowest BCUT2D eigenvalue weighted by atomic mass is 10.1. The first-order valence-corrected chi connectivity index (χ1v) is 9.10. The van der Waals surface area contributed by atoms with Gasteiger partial charge in [0.25, 0.3) is 11.8 Å². The molecule has 5 nitrogen and oxygen atoms in total. The molecule has 1 aromatic rings. The first kappa shape index (κ1) is 18.4. The number of ether oxygens (including phenoxy) is 1. The van der Waals surface area contributed by atoms with Crippen molar-refractivity contribution >= 4 is 29.3 Å². The molecule has 0 radical (unpaired) electrons. The zero-order valence-corrected chi connectivity index (χ0v) is 15.4. The van der Waals surface area contributed by atoms with Crippen LogP contribution in [0.5, 0.6) is 0 Å². The van der Waals surface area contributed by atoms with Gasteiger partial charge in [0.05, 0.1) is 6.61 Å². The van der Waals surface area contributed by atoms with Crippen molar-refractivity contribution in [1.29, 1.82) is 0 Å². The second-order valence-corrected chi connectivity index (χ2v) is 6.95. The lowest BCUT2D eigenvalue weighted by Gasteiger charge is -2.18. The molecule has 0 fully saturated rings. The fourth-order valence-corrected chi connectivity index (χ4v) is 3.03. The van der Waals surface area contributed by atoms with Crippen LogP contribution in [-0.2, 0) is 9.53 Å². The minimum Gasteiger partial charge on any atom is -0.496 e. The van der Waals surface area contributed by atoms with E-state index in [0.29, 0.717) is 28.5 Å². The van der Waals surface area contributed by atoms with Gasteiger partial charge in [0.2, 0.25) is 0 Å². The molecule has 2 N–H and O–H groups in total. The van der Waals surface area contributed by atoms with Crippen LogP contribution in [0.25, 0.3) is 0 Å². The Morgan fingerprint density at radius 1 is 1.29 bits per heavy atom. The Morgan fingerprint density at radius 3 is 2.71 bits per heavy atom. The smallest absolute Gasteiger partial charge is 0.265 e. The molecule has 0 saturated carbocycles. The van der Waals surface area contributed by atoms with Crippen LogP contribution >= 0.6 is 11.8 Å². The number of thioether (sulfide) groups is 1. The quantitative estimate of drug-likeness (QED) is 0.855. The number of hydrogen-bond donors (Lipinski definition) is 2. The molecular formula is C18H24N2O3S. The number of anilines is 1. The number of amides is 2. The molecule has 1 atom stereocenters. The van der Waals surface area contributed by atoms with Crippen LogP contribution in [0.3, 0.4) is 0 Å². The molecule has 0 aromatic heterocycles. The van der Waals surface area contributed by atoms with Crippen molar-refractivity contribution in [3.8, 4) is 0 Å². The van der Waals surface area contributed by atoms with Gasteiger partial charge in [0.15, 0.2) is 0 Å². The second-order valence-electron chi connectivity index (χ2n) is 5.85. The van der Waals surface area contributed by atoms with Crippen LogP contribution in [0.1, 0.15) is 43.1 Å². The van der Waals surface area contributed by atoms with Crippen LogP contribution < -0.4 is 10.6 Å². The van der Waals surface area contributed by atoms with Crippen LogP contribution in [0, 0.1) is 6.92 Å². The van der Waals surface area contributed by atoms with Gasteiger partial charge < -0.3 is 15.4 Å². The monoisotopic (exact) mass is 348 g/mol. The topological polar surface area (TPSA) is 67.4 Å². The average molecular weight is 348 g/mol. The van der Waals surface area contributed by atoms with E-state index in [-0.39, 0.29) is 17.9 Å². The fraction of sp³-hybridized carbons (Fsp3) is 0.444. The summed E-state index contributed by atoms with van der Waals surface area (Å²) in [5.74, 6) is 1.08. The molecule has 0 bridgehead atoms. The zero-order valence-electron chi connectivity index (χ0n) is 14.6. The Balaban J connectivity index is 2.17. The molecule has 1 heterocycles. The van der Waals surface area contributed by atoms with Gasteiger partial charge in [-0.05, 0) is 44.9 Å². The molecule has 1 aliphatic heterocycles. The van der Waals surface area contributed by atoms with Crippen molar-refractivity contribution < 1.29 is 14.3 Å². The van der Waals surface area contributed by atoms with Gasteiger partial charge in [-0.25, -0.2) is 0 Å². The molecule has 2 rings (SSSR count). The number of aryl methyl sites for hydroxylation is 1. The Labute approximate surface area is 147 Å². The van der Waals surface area contributed by atoms with Crippen molar-refractivity contribution in [2.75, 3.05) is 17.7 Å². The van der Waals surface area contributed by atoms with Crippen molar-refractivity contribution in [3.05, 3.63) is 40.0 Å². The molecule has 24 heavy (non-hydrogen) atoms. The molecule has 0 unspecified atom stereocenters. The van der Waals surface area contributed by atoms with Gasteiger partial charge in [-0.2, -0.15) is 0 Å². The van der Waals surface area contributed by atoms with Crippen LogP contribution in [0.4, 0.5) is 5.69 Å². The highest BCUT2D eigenvalue weighted by Gasteiger charge is 2.20. The Hall–Kier alpha value is -1.95. The SMILES string of the molecule is CC[C@@H](C)NC(=O)c1ccc(C)c(NC(=O)C2=C(C)OCCS2)c1. The third-order valence-corrected chi connectivity index (χ3v) is 5.04. The largest absolute Gasteiger partial charge is 0.496 e. The number of carbonyl (C=O) groups excluding carboxylic acids is 2. The Bertz CT molecular complexity index is 670. The van der Waals surface area contributed by atoms with E-state index < -0.39 is 0 Å². The van der Waals surface area contributed by atoms with Gasteiger partial charge in [-0.15, -0.1) is 11.8 Å². The number of benzene rings is 1. The summed E-state index contributed by atoms with van der Waals surface area (Å²) >= 11 is 1.49. The summed E-state index contributed by atoms with van der Waals surface area (Å²) < 4.78 is 5.43. The lowest BCUT2D eigenvalue weighted by molar-refractivity contribution is -0.112. The molecule has 130 valence electrons. The maximum atomic E-state index is 12.5. The fourth-order valence-electron chi connectivity index (χ4n) is 2.22. The third kappa shape index (κ3) is 4.54. The van der Waals surface area contributed by atoms with E-state index >= 15 is 0 Å². The lowest BCUT2D eigenvalue weighted by Crippen LogP contribution is -2.32. The second kappa shape index (κ2) is 8.24. The highest BCUT2D eigenvalue weighted by Crippen LogP contribution is 2.27. The number of allylic oxidation sites excluding steroid dienone is 1. The molecule has 1 aromatic carbocycles. The van der Waals surface area contributed by atoms with E-state index in [2.05, 4.69) is 10.6 Å². The molecule has 6 heteroatoms. The van der Waals surface area contributed by atoms with Crippen molar-refractivity contribution in [3.63, 3.8) is 0 Å². The predicted octanol–water partition coefficient (Wildman–Crippen LogP) is 3.46. The summed E-state index contributed by atoms with van der Waals surface area (Å²) in [6, 6.07) is 5.44. The first-order valence-electron chi connectivity index (χ1n) is 8.11. The normalized spacial score (nSPS) is 15.5. The summed E-state index contributed by atoms with van der Waals surface area (Å²) in [5, 5.41) is 5.83. The zero-order chi connectivity index (χ0) is 17.7. The van der Waals surface area contributed by atoms with E-state index in [1.165, 1.54) is 11.8 Å². The number of nitrogens with one attached hydrogen (secondary N) is 2. The summed E-state index contributed by atoms with van der Waals surface area (Å²) in [7, 11) is 0. The average Bonchev–Trinajstić information content (AvgIpc) is 2.56. The van der Waals surface area contributed by atoms with Gasteiger partial charge in [-0.3, -0.25) is 9.59 Å². The summed E-state index contributed by atoms with van der Waals surface area (Å²) in [5.41, 5.74) is 2.08. The van der Waals surface area contributed by atoms with Crippen molar-refractivity contribution in [2.45, 2.75) is 40.2 Å². The molecule has 2 amide bonds. The Kier molecular flexibility index (Phi) is 6.31. The molecule has 0 spiro atoms. The molecule has 0 saturated heterocycles. The number of rotatable bonds is 5. The van der Waals surface area contributed by atoms with Crippen LogP contribution in [-0.4, -0.2) is 30.2 Å². The molecule has 0 aliphatic carbocycles. The first-order chi connectivity index (χ1) is 11.4. The maximum Gasteiger partial charge on any atom is 0.265 e. The predicted molar refractivity (Wildman–Crippen MR) is 98.1 cm³/mol.